The number of aryl methyl sites for hydroxylation is 2. The maximum atomic E-state index is 11.8. The Morgan fingerprint density at radius 2 is 1.89 bits per heavy atom. The molecule has 19 heavy (non-hydrogen) atoms. The van der Waals surface area contributed by atoms with Gasteiger partial charge in [-0.15, -0.1) is 0 Å². The Bertz CT molecular complexity index is 685. The number of aromatic nitrogens is 1. The number of sulfonamides is 1. The third kappa shape index (κ3) is 3.96. The van der Waals surface area contributed by atoms with Crippen molar-refractivity contribution in [3.8, 4) is 0 Å². The first-order valence-corrected chi connectivity index (χ1v) is 7.20. The molecule has 0 aliphatic rings. The van der Waals surface area contributed by atoms with E-state index in [9.17, 15) is 8.42 Å². The summed E-state index contributed by atoms with van der Waals surface area (Å²) in [5.74, 6) is 0.714. The van der Waals surface area contributed by atoms with Gasteiger partial charge in [0.25, 0.3) is 10.0 Å². The average molecular weight is 278 g/mol. The van der Waals surface area contributed by atoms with E-state index in [2.05, 4.69) is 9.88 Å². The average Bonchev–Trinajstić information content (AvgIpc) is 2.73. The van der Waals surface area contributed by atoms with E-state index in [-0.39, 0.29) is 5.82 Å². The minimum atomic E-state index is -3.58. The monoisotopic (exact) mass is 278 g/mol. The van der Waals surface area contributed by atoms with Crippen molar-refractivity contribution < 1.29 is 12.9 Å². The number of hydrogen-bond acceptors (Lipinski definition) is 4. The first kappa shape index (κ1) is 13.4. The van der Waals surface area contributed by atoms with Gasteiger partial charge >= 0.3 is 0 Å². The van der Waals surface area contributed by atoms with Gasteiger partial charge in [-0.25, -0.2) is 8.42 Å². The van der Waals surface area contributed by atoms with Crippen LogP contribution in [0.15, 0.2) is 40.3 Å². The molecule has 1 N–H and O–H groups in total. The van der Waals surface area contributed by atoms with Gasteiger partial charge in [0, 0.05) is 6.07 Å². The lowest BCUT2D eigenvalue weighted by Gasteiger charge is -1.99. The molecule has 0 aliphatic heterocycles. The molecule has 1 aromatic carbocycles. The van der Waals surface area contributed by atoms with Gasteiger partial charge in [0.2, 0.25) is 0 Å². The second-order valence-corrected chi connectivity index (χ2v) is 5.75. The van der Waals surface area contributed by atoms with Gasteiger partial charge in [0.15, 0.2) is 5.82 Å². The Labute approximate surface area is 112 Å². The molecule has 0 spiro atoms. The maximum absolute atomic E-state index is 11.8. The van der Waals surface area contributed by atoms with E-state index < -0.39 is 10.0 Å². The molecule has 0 atom stereocenters. The van der Waals surface area contributed by atoms with E-state index >= 15 is 0 Å². The molecule has 0 radical (unpaired) electrons. The SMILES string of the molecule is Cc1ccc(/C=C\S(=O)(=O)Nc2cc(C)on2)cc1. The lowest BCUT2D eigenvalue weighted by Crippen LogP contribution is -2.08. The minimum absolute atomic E-state index is 0.172. The molecular weight excluding hydrogens is 264 g/mol. The van der Waals surface area contributed by atoms with Crippen molar-refractivity contribution in [3.05, 3.63) is 52.6 Å². The van der Waals surface area contributed by atoms with E-state index in [4.69, 9.17) is 4.52 Å². The van der Waals surface area contributed by atoms with Gasteiger partial charge in [-0.05, 0) is 25.5 Å². The third-order valence-electron chi connectivity index (χ3n) is 2.39. The molecular formula is C13H14N2O3S. The summed E-state index contributed by atoms with van der Waals surface area (Å²) in [6, 6.07) is 9.04. The van der Waals surface area contributed by atoms with Gasteiger partial charge in [-0.2, -0.15) is 0 Å². The molecule has 1 aromatic heterocycles. The van der Waals surface area contributed by atoms with Crippen LogP contribution in [-0.4, -0.2) is 13.6 Å². The topological polar surface area (TPSA) is 72.2 Å². The minimum Gasteiger partial charge on any atom is -0.360 e. The first-order valence-electron chi connectivity index (χ1n) is 5.65. The highest BCUT2D eigenvalue weighted by Crippen LogP contribution is 2.11. The third-order valence-corrected chi connectivity index (χ3v) is 3.38. The predicted octanol–water partition coefficient (Wildman–Crippen LogP) is 2.70. The van der Waals surface area contributed by atoms with Crippen LogP contribution in [0.3, 0.4) is 0 Å². The van der Waals surface area contributed by atoms with Crippen LogP contribution in [0.2, 0.25) is 0 Å². The van der Waals surface area contributed by atoms with Crippen LogP contribution in [0, 0.1) is 13.8 Å². The molecule has 0 saturated carbocycles. The van der Waals surface area contributed by atoms with Gasteiger partial charge in [0.1, 0.15) is 5.76 Å². The van der Waals surface area contributed by atoms with Gasteiger partial charge in [0.05, 0.1) is 5.41 Å². The summed E-state index contributed by atoms with van der Waals surface area (Å²) in [5, 5.41) is 4.67. The quantitative estimate of drug-likeness (QED) is 0.933. The largest absolute Gasteiger partial charge is 0.360 e. The molecule has 2 rings (SSSR count). The summed E-state index contributed by atoms with van der Waals surface area (Å²) in [7, 11) is -3.58. The van der Waals surface area contributed by atoms with E-state index in [0.29, 0.717) is 5.76 Å². The highest BCUT2D eigenvalue weighted by molar-refractivity contribution is 7.95. The number of nitrogens with zero attached hydrogens (tertiary/aromatic N) is 1. The summed E-state index contributed by atoms with van der Waals surface area (Å²) in [4.78, 5) is 0. The molecule has 2 aromatic rings. The van der Waals surface area contributed by atoms with E-state index in [1.54, 1.807) is 6.92 Å². The van der Waals surface area contributed by atoms with E-state index in [1.165, 1.54) is 12.1 Å². The Hall–Kier alpha value is -2.08. The Morgan fingerprint density at radius 1 is 1.21 bits per heavy atom. The lowest BCUT2D eigenvalue weighted by atomic mass is 10.2. The fourth-order valence-electron chi connectivity index (χ4n) is 1.44. The molecule has 0 amide bonds. The van der Waals surface area contributed by atoms with Crippen molar-refractivity contribution in [2.75, 3.05) is 4.72 Å². The number of nitrogens with one attached hydrogen (secondary N) is 1. The van der Waals surface area contributed by atoms with Crippen molar-refractivity contribution >= 4 is 21.9 Å². The zero-order valence-electron chi connectivity index (χ0n) is 10.6. The Kier molecular flexibility index (Phi) is 3.71. The number of anilines is 1. The lowest BCUT2D eigenvalue weighted by molar-refractivity contribution is 0.400. The molecule has 1 heterocycles. The smallest absolute Gasteiger partial charge is 0.256 e. The first-order chi connectivity index (χ1) is 8.94. The number of benzene rings is 1. The summed E-state index contributed by atoms with van der Waals surface area (Å²) in [6.07, 6.45) is 1.52. The summed E-state index contributed by atoms with van der Waals surface area (Å²) >= 11 is 0. The van der Waals surface area contributed by atoms with Crippen molar-refractivity contribution in [3.63, 3.8) is 0 Å². The molecule has 100 valence electrons. The number of hydrogen-bond donors (Lipinski definition) is 1. The highest BCUT2D eigenvalue weighted by Gasteiger charge is 2.08. The summed E-state index contributed by atoms with van der Waals surface area (Å²) < 4.78 is 30.6. The second kappa shape index (κ2) is 5.27. The zero-order valence-corrected chi connectivity index (χ0v) is 11.4. The summed E-state index contributed by atoms with van der Waals surface area (Å²) in [6.45, 7) is 3.66. The van der Waals surface area contributed by atoms with E-state index in [0.717, 1.165) is 16.5 Å². The van der Waals surface area contributed by atoms with Gasteiger partial charge < -0.3 is 4.52 Å². The zero-order chi connectivity index (χ0) is 13.9. The van der Waals surface area contributed by atoms with Crippen LogP contribution in [0.4, 0.5) is 5.82 Å². The second-order valence-electron chi connectivity index (χ2n) is 4.18. The van der Waals surface area contributed by atoms with Crippen molar-refractivity contribution in [1.29, 1.82) is 0 Å². The van der Waals surface area contributed by atoms with Crippen LogP contribution < -0.4 is 4.72 Å². The molecule has 0 unspecified atom stereocenters. The molecule has 6 heteroatoms. The highest BCUT2D eigenvalue weighted by atomic mass is 32.2. The van der Waals surface area contributed by atoms with Crippen LogP contribution >= 0.6 is 0 Å². The molecule has 0 saturated heterocycles. The van der Waals surface area contributed by atoms with Gasteiger partial charge in [-0.1, -0.05) is 35.0 Å². The number of rotatable bonds is 4. The molecule has 0 fully saturated rings. The van der Waals surface area contributed by atoms with Crippen LogP contribution in [-0.2, 0) is 10.0 Å². The van der Waals surface area contributed by atoms with Crippen LogP contribution in [0.5, 0.6) is 0 Å². The van der Waals surface area contributed by atoms with E-state index in [1.807, 2.05) is 31.2 Å². The molecule has 0 aliphatic carbocycles. The van der Waals surface area contributed by atoms with Crippen molar-refractivity contribution in [1.82, 2.24) is 5.16 Å². The normalized spacial score (nSPS) is 11.9. The predicted molar refractivity (Wildman–Crippen MR) is 74.0 cm³/mol. The van der Waals surface area contributed by atoms with Crippen LogP contribution in [0.25, 0.3) is 6.08 Å². The fourth-order valence-corrected chi connectivity index (χ4v) is 2.23. The molecule has 5 nitrogen and oxygen atoms in total. The summed E-state index contributed by atoms with van der Waals surface area (Å²) in [5.41, 5.74) is 1.93. The maximum Gasteiger partial charge on any atom is 0.256 e. The van der Waals surface area contributed by atoms with Gasteiger partial charge in [-0.3, -0.25) is 4.72 Å². The van der Waals surface area contributed by atoms with Crippen LogP contribution in [0.1, 0.15) is 16.9 Å². The van der Waals surface area contributed by atoms with Crippen molar-refractivity contribution in [2.24, 2.45) is 0 Å². The Morgan fingerprint density at radius 3 is 2.47 bits per heavy atom. The van der Waals surface area contributed by atoms with Crippen molar-refractivity contribution in [2.45, 2.75) is 13.8 Å². The molecule has 0 bridgehead atoms. The Balaban J connectivity index is 2.10. The standard InChI is InChI=1S/C13H14N2O3S/c1-10-3-5-12(6-4-10)7-8-19(16,17)15-13-9-11(2)18-14-13/h3-9H,1-2H3,(H,14,15)/b8-7-. The fraction of sp³-hybridized carbons (Fsp3) is 0.154.